The topological polar surface area (TPSA) is 20.1 Å². The molecule has 0 amide bonds. The zero-order chi connectivity index (χ0) is 5.98. The number of hydrogen-bond donors (Lipinski definition) is 0. The fourth-order valence-corrected chi connectivity index (χ4v) is 0.417. The minimum Gasteiger partial charge on any atom is -0.374 e. The summed E-state index contributed by atoms with van der Waals surface area (Å²) < 4.78 is 0. The van der Waals surface area contributed by atoms with Gasteiger partial charge in [0.15, 0.2) is 5.78 Å². The van der Waals surface area contributed by atoms with Crippen LogP contribution in [0.4, 0.5) is 0 Å². The van der Waals surface area contributed by atoms with Crippen LogP contribution in [0.3, 0.4) is 0 Å². The summed E-state index contributed by atoms with van der Waals surface area (Å²) in [5.41, 5.74) is 0. The lowest BCUT2D eigenvalue weighted by Crippen LogP contribution is -1.85. The Morgan fingerprint density at radius 1 is 1.62 bits per heavy atom. The lowest BCUT2D eigenvalue weighted by atomic mass is 10.4. The molecule has 2 heteroatoms. The fraction of sp³-hybridized carbons (Fsp3) is 0.500. The van der Waals surface area contributed by atoms with Gasteiger partial charge in [0.25, 0.3) is 0 Å². The second-order valence-electron chi connectivity index (χ2n) is 1.96. The van der Waals surface area contributed by atoms with E-state index in [1.54, 1.807) is 13.0 Å². The van der Waals surface area contributed by atoms with Crippen molar-refractivity contribution in [1.29, 1.82) is 0 Å². The van der Waals surface area contributed by atoms with Gasteiger partial charge in [-0.3, -0.25) is 4.79 Å². The van der Waals surface area contributed by atoms with Gasteiger partial charge in [-0.05, 0) is 13.0 Å². The minimum absolute atomic E-state index is 0.122. The SMILES string of the molecule is CC(=O)/C=C/N1CC1. The Morgan fingerprint density at radius 3 is 2.62 bits per heavy atom. The van der Waals surface area contributed by atoms with Crippen molar-refractivity contribution >= 4 is 5.78 Å². The summed E-state index contributed by atoms with van der Waals surface area (Å²) in [5.74, 6) is 0.122. The molecule has 1 aliphatic rings. The zero-order valence-electron chi connectivity index (χ0n) is 4.92. The van der Waals surface area contributed by atoms with Crippen molar-refractivity contribution in [3.8, 4) is 0 Å². The number of carbonyl (C=O) groups is 1. The van der Waals surface area contributed by atoms with Crippen molar-refractivity contribution < 1.29 is 4.79 Å². The Kier molecular flexibility index (Phi) is 1.33. The minimum atomic E-state index is 0.122. The van der Waals surface area contributed by atoms with Crippen molar-refractivity contribution in [2.75, 3.05) is 13.1 Å². The molecule has 0 spiro atoms. The summed E-state index contributed by atoms with van der Waals surface area (Å²) in [7, 11) is 0. The molecule has 1 aliphatic heterocycles. The van der Waals surface area contributed by atoms with E-state index in [-0.39, 0.29) is 5.78 Å². The number of hydrogen-bond acceptors (Lipinski definition) is 2. The molecule has 0 radical (unpaired) electrons. The number of allylic oxidation sites excluding steroid dienone is 1. The highest BCUT2D eigenvalue weighted by atomic mass is 16.1. The molecule has 0 aromatic heterocycles. The van der Waals surface area contributed by atoms with Crippen molar-refractivity contribution in [2.45, 2.75) is 6.92 Å². The molecule has 2 nitrogen and oxygen atoms in total. The van der Waals surface area contributed by atoms with Crippen LogP contribution in [0.1, 0.15) is 6.92 Å². The molecule has 0 aromatic carbocycles. The molecule has 1 heterocycles. The van der Waals surface area contributed by atoms with Crippen LogP contribution in [0.15, 0.2) is 12.3 Å². The van der Waals surface area contributed by atoms with Gasteiger partial charge in [0.05, 0.1) is 0 Å². The van der Waals surface area contributed by atoms with Gasteiger partial charge in [0.1, 0.15) is 0 Å². The molecule has 0 unspecified atom stereocenters. The highest BCUT2D eigenvalue weighted by Crippen LogP contribution is 2.02. The number of nitrogens with zero attached hydrogens (tertiary/aromatic N) is 1. The van der Waals surface area contributed by atoms with E-state index in [0.29, 0.717) is 0 Å². The average Bonchev–Trinajstić information content (AvgIpc) is 2.41. The predicted molar refractivity (Wildman–Crippen MR) is 31.4 cm³/mol. The zero-order valence-corrected chi connectivity index (χ0v) is 4.92. The van der Waals surface area contributed by atoms with E-state index in [9.17, 15) is 4.79 Å². The lowest BCUT2D eigenvalue weighted by molar-refractivity contribution is -0.112. The highest BCUT2D eigenvalue weighted by Gasteiger charge is 2.10. The molecule has 0 bridgehead atoms. The molecule has 44 valence electrons. The molecular weight excluding hydrogens is 102 g/mol. The van der Waals surface area contributed by atoms with Crippen LogP contribution in [0.5, 0.6) is 0 Å². The van der Waals surface area contributed by atoms with E-state index in [1.807, 2.05) is 6.20 Å². The fourth-order valence-electron chi connectivity index (χ4n) is 0.417. The predicted octanol–water partition coefficient (Wildman–Crippen LogP) is 0.405. The monoisotopic (exact) mass is 111 g/mol. The molecule has 0 N–H and O–H groups in total. The maximum absolute atomic E-state index is 10.3. The Hall–Kier alpha value is -0.790. The van der Waals surface area contributed by atoms with Gasteiger partial charge in [-0.2, -0.15) is 0 Å². The average molecular weight is 111 g/mol. The lowest BCUT2D eigenvalue weighted by Gasteiger charge is -1.84. The molecule has 0 atom stereocenters. The first-order chi connectivity index (χ1) is 3.79. The third-order valence-corrected chi connectivity index (χ3v) is 1.00. The largest absolute Gasteiger partial charge is 0.374 e. The third kappa shape index (κ3) is 1.78. The molecule has 1 saturated heterocycles. The van der Waals surface area contributed by atoms with E-state index in [1.165, 1.54) is 0 Å². The van der Waals surface area contributed by atoms with Gasteiger partial charge in [-0.15, -0.1) is 0 Å². The van der Waals surface area contributed by atoms with Crippen LogP contribution in [-0.4, -0.2) is 23.8 Å². The van der Waals surface area contributed by atoms with Crippen molar-refractivity contribution in [1.82, 2.24) is 4.90 Å². The Morgan fingerprint density at radius 2 is 2.25 bits per heavy atom. The van der Waals surface area contributed by atoms with Gasteiger partial charge < -0.3 is 4.90 Å². The normalized spacial score (nSPS) is 17.4. The Balaban J connectivity index is 2.23. The maximum atomic E-state index is 10.3. The molecule has 1 rings (SSSR count). The molecule has 1 fully saturated rings. The van der Waals surface area contributed by atoms with Gasteiger partial charge in [0.2, 0.25) is 0 Å². The summed E-state index contributed by atoms with van der Waals surface area (Å²) in [6.45, 7) is 3.79. The smallest absolute Gasteiger partial charge is 0.154 e. The summed E-state index contributed by atoms with van der Waals surface area (Å²) in [6, 6.07) is 0. The number of rotatable bonds is 2. The van der Waals surface area contributed by atoms with E-state index >= 15 is 0 Å². The van der Waals surface area contributed by atoms with E-state index in [4.69, 9.17) is 0 Å². The van der Waals surface area contributed by atoms with Crippen LogP contribution in [0, 0.1) is 0 Å². The standard InChI is InChI=1S/C6H9NO/c1-6(8)2-3-7-4-5-7/h2-3H,4-5H2,1H3/b3-2+. The van der Waals surface area contributed by atoms with Crippen LogP contribution < -0.4 is 0 Å². The summed E-state index contributed by atoms with van der Waals surface area (Å²) in [4.78, 5) is 12.3. The number of carbonyl (C=O) groups excluding carboxylic acids is 1. The van der Waals surface area contributed by atoms with Crippen LogP contribution in [0.2, 0.25) is 0 Å². The Bertz CT molecular complexity index is 124. The maximum Gasteiger partial charge on any atom is 0.154 e. The quantitative estimate of drug-likeness (QED) is 0.380. The molecular formula is C6H9NO. The van der Waals surface area contributed by atoms with E-state index in [0.717, 1.165) is 13.1 Å². The highest BCUT2D eigenvalue weighted by molar-refractivity contribution is 5.87. The first-order valence-corrected chi connectivity index (χ1v) is 2.72. The second kappa shape index (κ2) is 1.99. The number of ketones is 1. The van der Waals surface area contributed by atoms with Crippen LogP contribution in [0.25, 0.3) is 0 Å². The molecule has 0 aliphatic carbocycles. The molecule has 0 aromatic rings. The summed E-state index contributed by atoms with van der Waals surface area (Å²) in [6.07, 6.45) is 3.43. The second-order valence-corrected chi connectivity index (χ2v) is 1.96. The molecule has 8 heavy (non-hydrogen) atoms. The first-order valence-electron chi connectivity index (χ1n) is 2.72. The van der Waals surface area contributed by atoms with E-state index < -0.39 is 0 Å². The van der Waals surface area contributed by atoms with Crippen molar-refractivity contribution in [3.05, 3.63) is 12.3 Å². The van der Waals surface area contributed by atoms with Crippen molar-refractivity contribution in [3.63, 3.8) is 0 Å². The van der Waals surface area contributed by atoms with Crippen LogP contribution in [-0.2, 0) is 4.79 Å². The van der Waals surface area contributed by atoms with Crippen molar-refractivity contribution in [2.24, 2.45) is 0 Å². The Labute approximate surface area is 48.8 Å². The van der Waals surface area contributed by atoms with Crippen LogP contribution >= 0.6 is 0 Å². The van der Waals surface area contributed by atoms with Gasteiger partial charge >= 0.3 is 0 Å². The van der Waals surface area contributed by atoms with Gasteiger partial charge in [0, 0.05) is 19.3 Å². The van der Waals surface area contributed by atoms with Gasteiger partial charge in [-0.25, -0.2) is 0 Å². The first kappa shape index (κ1) is 5.35. The molecule has 0 saturated carbocycles. The van der Waals surface area contributed by atoms with Gasteiger partial charge in [-0.1, -0.05) is 0 Å². The summed E-state index contributed by atoms with van der Waals surface area (Å²) >= 11 is 0. The summed E-state index contributed by atoms with van der Waals surface area (Å²) in [5, 5.41) is 0. The van der Waals surface area contributed by atoms with E-state index in [2.05, 4.69) is 4.90 Å². The third-order valence-electron chi connectivity index (χ3n) is 1.00.